The van der Waals surface area contributed by atoms with Crippen LogP contribution in [-0.4, -0.2) is 19.3 Å². The molecule has 0 aromatic rings. The third kappa shape index (κ3) is 4.07. The van der Waals surface area contributed by atoms with Crippen molar-refractivity contribution < 1.29 is 0 Å². The van der Waals surface area contributed by atoms with Gasteiger partial charge < -0.3 is 0 Å². The van der Waals surface area contributed by atoms with Gasteiger partial charge in [0.2, 0.25) is 0 Å². The zero-order valence-corrected chi connectivity index (χ0v) is 12.2. The molecule has 0 heterocycles. The zero-order chi connectivity index (χ0) is 8.31. The molecule has 0 nitrogen and oxygen atoms in total. The van der Waals surface area contributed by atoms with E-state index in [0.717, 1.165) is 0 Å². The SMILES string of the molecule is CC(Br)C(Br)C(Br)C(C)Br. The van der Waals surface area contributed by atoms with Gasteiger partial charge in [0.25, 0.3) is 0 Å². The van der Waals surface area contributed by atoms with E-state index in [9.17, 15) is 0 Å². The van der Waals surface area contributed by atoms with Gasteiger partial charge in [-0.2, -0.15) is 0 Å². The predicted octanol–water partition coefficient (Wildman–Crippen LogP) is 4.08. The molecule has 0 rings (SSSR count). The van der Waals surface area contributed by atoms with Crippen molar-refractivity contribution in [2.24, 2.45) is 0 Å². The lowest BCUT2D eigenvalue weighted by atomic mass is 10.2. The molecule has 10 heavy (non-hydrogen) atoms. The molecule has 0 aromatic heterocycles. The summed E-state index contributed by atoms with van der Waals surface area (Å²) < 4.78 is 0. The van der Waals surface area contributed by atoms with Gasteiger partial charge in [0, 0.05) is 19.3 Å². The maximum atomic E-state index is 3.58. The average Bonchev–Trinajstić information content (AvgIpc) is 1.84. The van der Waals surface area contributed by atoms with Crippen LogP contribution in [0.4, 0.5) is 0 Å². The van der Waals surface area contributed by atoms with Crippen molar-refractivity contribution in [2.45, 2.75) is 33.2 Å². The van der Waals surface area contributed by atoms with Crippen LogP contribution in [0.5, 0.6) is 0 Å². The van der Waals surface area contributed by atoms with Crippen LogP contribution in [-0.2, 0) is 0 Å². The van der Waals surface area contributed by atoms with Crippen LogP contribution in [0, 0.1) is 0 Å². The minimum Gasteiger partial charge on any atom is -0.0881 e. The van der Waals surface area contributed by atoms with Gasteiger partial charge in [-0.3, -0.25) is 0 Å². The fraction of sp³-hybridized carbons (Fsp3) is 1.00. The molecule has 0 aliphatic rings. The number of rotatable bonds is 3. The molecule has 0 aliphatic carbocycles. The van der Waals surface area contributed by atoms with Crippen molar-refractivity contribution in [3.8, 4) is 0 Å². The largest absolute Gasteiger partial charge is 0.0881 e. The van der Waals surface area contributed by atoms with Crippen molar-refractivity contribution in [1.82, 2.24) is 0 Å². The van der Waals surface area contributed by atoms with Crippen molar-refractivity contribution in [3.63, 3.8) is 0 Å². The summed E-state index contributed by atoms with van der Waals surface area (Å²) in [6.07, 6.45) is 0. The molecule has 4 heteroatoms. The summed E-state index contributed by atoms with van der Waals surface area (Å²) in [5.74, 6) is 0. The molecule has 0 spiro atoms. The molecule has 0 N–H and O–H groups in total. The lowest BCUT2D eigenvalue weighted by Crippen LogP contribution is -2.27. The van der Waals surface area contributed by atoms with E-state index in [1.165, 1.54) is 0 Å². The highest BCUT2D eigenvalue weighted by Crippen LogP contribution is 2.27. The second-order valence-electron chi connectivity index (χ2n) is 2.24. The van der Waals surface area contributed by atoms with Crippen LogP contribution < -0.4 is 0 Å². The van der Waals surface area contributed by atoms with E-state index >= 15 is 0 Å². The first-order chi connectivity index (χ1) is 4.46. The van der Waals surface area contributed by atoms with Gasteiger partial charge in [0.1, 0.15) is 0 Å². The smallest absolute Gasteiger partial charge is 0.0404 e. The molecule has 4 atom stereocenters. The molecule has 0 aromatic carbocycles. The normalized spacial score (nSPS) is 23.4. The number of hydrogen-bond acceptors (Lipinski definition) is 0. The van der Waals surface area contributed by atoms with Gasteiger partial charge in [-0.05, 0) is 0 Å². The van der Waals surface area contributed by atoms with Gasteiger partial charge in [0.15, 0.2) is 0 Å². The highest BCUT2D eigenvalue weighted by Gasteiger charge is 2.23. The molecule has 62 valence electrons. The maximum absolute atomic E-state index is 3.58. The van der Waals surface area contributed by atoms with E-state index in [-0.39, 0.29) is 0 Å². The van der Waals surface area contributed by atoms with Gasteiger partial charge in [-0.1, -0.05) is 77.6 Å². The topological polar surface area (TPSA) is 0 Å². The van der Waals surface area contributed by atoms with Crippen LogP contribution in [0.3, 0.4) is 0 Å². The minimum atomic E-state index is 0.460. The van der Waals surface area contributed by atoms with Gasteiger partial charge in [-0.25, -0.2) is 0 Å². The molecule has 0 saturated heterocycles. The van der Waals surface area contributed by atoms with E-state index in [0.29, 0.717) is 19.3 Å². The Morgan fingerprint density at radius 3 is 1.00 bits per heavy atom. The van der Waals surface area contributed by atoms with E-state index in [1.807, 2.05) is 0 Å². The van der Waals surface area contributed by atoms with Crippen LogP contribution in [0.15, 0.2) is 0 Å². The summed E-state index contributed by atoms with van der Waals surface area (Å²) in [6, 6.07) is 0. The highest BCUT2D eigenvalue weighted by molar-refractivity contribution is 9.14. The van der Waals surface area contributed by atoms with Crippen LogP contribution >= 0.6 is 63.7 Å². The number of alkyl halides is 4. The van der Waals surface area contributed by atoms with E-state index < -0.39 is 0 Å². The first-order valence-corrected chi connectivity index (χ1v) is 6.69. The quantitative estimate of drug-likeness (QED) is 0.625. The summed E-state index contributed by atoms with van der Waals surface area (Å²) in [7, 11) is 0. The van der Waals surface area contributed by atoms with Crippen molar-refractivity contribution in [2.75, 3.05) is 0 Å². The summed E-state index contributed by atoms with van der Waals surface area (Å²) in [5.41, 5.74) is 0. The molecule has 0 amide bonds. The Morgan fingerprint density at radius 1 is 0.700 bits per heavy atom. The second kappa shape index (κ2) is 5.55. The third-order valence-electron chi connectivity index (χ3n) is 1.18. The molecule has 0 bridgehead atoms. The molecule has 0 fully saturated rings. The third-order valence-corrected chi connectivity index (χ3v) is 7.17. The summed E-state index contributed by atoms with van der Waals surface area (Å²) in [4.78, 5) is 1.89. The van der Waals surface area contributed by atoms with Crippen LogP contribution in [0.25, 0.3) is 0 Å². The number of hydrogen-bond donors (Lipinski definition) is 0. The monoisotopic (exact) mass is 398 g/mol. The lowest BCUT2D eigenvalue weighted by Gasteiger charge is -2.20. The van der Waals surface area contributed by atoms with Crippen LogP contribution in [0.2, 0.25) is 0 Å². The number of halogens is 4. The second-order valence-corrected chi connectivity index (χ2v) is 7.25. The molecule has 4 unspecified atom stereocenters. The predicted molar refractivity (Wildman–Crippen MR) is 62.2 cm³/mol. The average molecular weight is 402 g/mol. The fourth-order valence-electron chi connectivity index (χ4n) is 0.507. The Bertz CT molecular complexity index is 79.7. The summed E-state index contributed by atoms with van der Waals surface area (Å²) in [5, 5.41) is 0. The van der Waals surface area contributed by atoms with E-state index in [1.54, 1.807) is 0 Å². The Labute approximate surface area is 96.0 Å². The zero-order valence-electron chi connectivity index (χ0n) is 5.82. The first kappa shape index (κ1) is 11.9. The molecule has 0 radical (unpaired) electrons. The summed E-state index contributed by atoms with van der Waals surface area (Å²) >= 11 is 14.2. The maximum Gasteiger partial charge on any atom is 0.0404 e. The lowest BCUT2D eigenvalue weighted by molar-refractivity contribution is 0.795. The Kier molecular flexibility index (Phi) is 6.61. The fourth-order valence-corrected chi connectivity index (χ4v) is 2.90. The first-order valence-electron chi connectivity index (χ1n) is 3.03. The van der Waals surface area contributed by atoms with Crippen molar-refractivity contribution in [1.29, 1.82) is 0 Å². The van der Waals surface area contributed by atoms with Gasteiger partial charge in [-0.15, -0.1) is 0 Å². The van der Waals surface area contributed by atoms with E-state index in [4.69, 9.17) is 0 Å². The van der Waals surface area contributed by atoms with Gasteiger partial charge >= 0.3 is 0 Å². The van der Waals surface area contributed by atoms with E-state index in [2.05, 4.69) is 77.6 Å². The Balaban J connectivity index is 3.81. The standard InChI is InChI=1S/C6H10Br4/c1-3(7)5(9)6(10)4(2)8/h3-6H,1-2H3. The van der Waals surface area contributed by atoms with Gasteiger partial charge in [0.05, 0.1) is 0 Å². The van der Waals surface area contributed by atoms with Crippen molar-refractivity contribution >= 4 is 63.7 Å². The Hall–Kier alpha value is 1.92. The van der Waals surface area contributed by atoms with Crippen molar-refractivity contribution in [3.05, 3.63) is 0 Å². The molecular weight excluding hydrogens is 392 g/mol. The molecule has 0 saturated carbocycles. The highest BCUT2D eigenvalue weighted by atomic mass is 79.9. The molecular formula is C6H10Br4. The Morgan fingerprint density at radius 2 is 0.900 bits per heavy atom. The summed E-state index contributed by atoms with van der Waals surface area (Å²) in [6.45, 7) is 4.26. The minimum absolute atomic E-state index is 0.460. The van der Waals surface area contributed by atoms with Crippen LogP contribution in [0.1, 0.15) is 13.8 Å². The molecule has 0 aliphatic heterocycles.